The molecule has 0 spiro atoms. The molecule has 0 aliphatic rings. The van der Waals surface area contributed by atoms with Gasteiger partial charge in [0.1, 0.15) is 0 Å². The standard InChI is InChI=1S/C16H36N2/c1-7-12-13-15(17-14-8-2)16(6,9-3)18(10-4)11-5/h15,17H,7-14H2,1-6H3. The first-order valence-corrected chi connectivity index (χ1v) is 8.08. The Morgan fingerprint density at radius 3 is 2.00 bits per heavy atom. The van der Waals surface area contributed by atoms with Crippen molar-refractivity contribution in [2.45, 2.75) is 85.2 Å². The molecule has 2 heteroatoms. The molecule has 0 rings (SSSR count). The number of likely N-dealkylation sites (N-methyl/N-ethyl adjacent to an activating group) is 1. The molecule has 0 amide bonds. The van der Waals surface area contributed by atoms with E-state index in [9.17, 15) is 0 Å². The van der Waals surface area contributed by atoms with Gasteiger partial charge in [0, 0.05) is 11.6 Å². The lowest BCUT2D eigenvalue weighted by molar-refractivity contribution is 0.0658. The van der Waals surface area contributed by atoms with Crippen molar-refractivity contribution in [3.63, 3.8) is 0 Å². The van der Waals surface area contributed by atoms with E-state index in [2.05, 4.69) is 51.8 Å². The molecule has 0 aromatic heterocycles. The van der Waals surface area contributed by atoms with Crippen LogP contribution < -0.4 is 5.32 Å². The Hall–Kier alpha value is -0.0800. The molecule has 0 saturated heterocycles. The van der Waals surface area contributed by atoms with E-state index >= 15 is 0 Å². The summed E-state index contributed by atoms with van der Waals surface area (Å²) < 4.78 is 0. The fourth-order valence-corrected chi connectivity index (χ4v) is 3.00. The molecule has 0 saturated carbocycles. The van der Waals surface area contributed by atoms with Crippen LogP contribution in [0.3, 0.4) is 0 Å². The molecule has 0 aliphatic carbocycles. The van der Waals surface area contributed by atoms with Crippen molar-refractivity contribution in [1.82, 2.24) is 10.2 Å². The maximum atomic E-state index is 3.80. The minimum atomic E-state index is 0.299. The Bertz CT molecular complexity index is 182. The van der Waals surface area contributed by atoms with Gasteiger partial charge in [-0.05, 0) is 45.8 Å². The number of nitrogens with one attached hydrogen (secondary N) is 1. The monoisotopic (exact) mass is 256 g/mol. The molecule has 1 N–H and O–H groups in total. The zero-order chi connectivity index (χ0) is 14.0. The van der Waals surface area contributed by atoms with Gasteiger partial charge < -0.3 is 5.32 Å². The van der Waals surface area contributed by atoms with Gasteiger partial charge in [-0.15, -0.1) is 0 Å². The van der Waals surface area contributed by atoms with Crippen molar-refractivity contribution in [3.8, 4) is 0 Å². The minimum Gasteiger partial charge on any atom is -0.312 e. The van der Waals surface area contributed by atoms with Crippen LogP contribution in [0.2, 0.25) is 0 Å². The first-order chi connectivity index (χ1) is 8.60. The van der Waals surface area contributed by atoms with Gasteiger partial charge in [-0.1, -0.05) is 47.5 Å². The van der Waals surface area contributed by atoms with Crippen LogP contribution in [0.1, 0.15) is 73.6 Å². The summed E-state index contributed by atoms with van der Waals surface area (Å²) in [5, 5.41) is 3.80. The van der Waals surface area contributed by atoms with Crippen molar-refractivity contribution in [3.05, 3.63) is 0 Å². The van der Waals surface area contributed by atoms with Gasteiger partial charge in [-0.25, -0.2) is 0 Å². The summed E-state index contributed by atoms with van der Waals surface area (Å²) in [6, 6.07) is 0.627. The second-order valence-electron chi connectivity index (χ2n) is 5.53. The summed E-state index contributed by atoms with van der Waals surface area (Å²) in [5.74, 6) is 0. The average Bonchev–Trinajstić information content (AvgIpc) is 2.39. The van der Waals surface area contributed by atoms with Crippen molar-refractivity contribution in [2.24, 2.45) is 0 Å². The second-order valence-corrected chi connectivity index (χ2v) is 5.53. The third-order valence-corrected chi connectivity index (χ3v) is 4.44. The van der Waals surface area contributed by atoms with Gasteiger partial charge in [0.15, 0.2) is 0 Å². The minimum absolute atomic E-state index is 0.299. The highest BCUT2D eigenvalue weighted by atomic mass is 15.2. The summed E-state index contributed by atoms with van der Waals surface area (Å²) >= 11 is 0. The largest absolute Gasteiger partial charge is 0.312 e. The Balaban J connectivity index is 4.83. The van der Waals surface area contributed by atoms with Crippen LogP contribution >= 0.6 is 0 Å². The molecule has 0 radical (unpaired) electrons. The molecule has 0 aromatic rings. The molecule has 0 heterocycles. The fraction of sp³-hybridized carbons (Fsp3) is 1.00. The van der Waals surface area contributed by atoms with Gasteiger partial charge in [0.05, 0.1) is 0 Å². The van der Waals surface area contributed by atoms with E-state index in [1.807, 2.05) is 0 Å². The quantitative estimate of drug-likeness (QED) is 0.600. The van der Waals surface area contributed by atoms with E-state index in [1.165, 1.54) is 32.1 Å². The van der Waals surface area contributed by atoms with Gasteiger partial charge in [0.2, 0.25) is 0 Å². The van der Waals surface area contributed by atoms with E-state index in [0.717, 1.165) is 19.6 Å². The third-order valence-electron chi connectivity index (χ3n) is 4.44. The van der Waals surface area contributed by atoms with E-state index in [-0.39, 0.29) is 0 Å². The summed E-state index contributed by atoms with van der Waals surface area (Å²) in [7, 11) is 0. The van der Waals surface area contributed by atoms with Crippen LogP contribution in [0.4, 0.5) is 0 Å². The molecule has 0 fully saturated rings. The lowest BCUT2D eigenvalue weighted by atomic mass is 9.84. The molecule has 110 valence electrons. The second kappa shape index (κ2) is 9.80. The van der Waals surface area contributed by atoms with Gasteiger partial charge in [0.25, 0.3) is 0 Å². The number of hydrogen-bond donors (Lipinski definition) is 1. The average molecular weight is 256 g/mol. The molecular weight excluding hydrogens is 220 g/mol. The van der Waals surface area contributed by atoms with Crippen LogP contribution in [-0.2, 0) is 0 Å². The number of hydrogen-bond acceptors (Lipinski definition) is 2. The summed E-state index contributed by atoms with van der Waals surface area (Å²) in [6.45, 7) is 17.3. The van der Waals surface area contributed by atoms with Crippen molar-refractivity contribution >= 4 is 0 Å². The number of unbranched alkanes of at least 4 members (excludes halogenated alkanes) is 1. The van der Waals surface area contributed by atoms with Crippen molar-refractivity contribution in [2.75, 3.05) is 19.6 Å². The smallest absolute Gasteiger partial charge is 0.0331 e. The lowest BCUT2D eigenvalue weighted by Gasteiger charge is -2.46. The Morgan fingerprint density at radius 1 is 1.00 bits per heavy atom. The molecule has 2 nitrogen and oxygen atoms in total. The highest BCUT2D eigenvalue weighted by molar-refractivity contribution is 4.95. The molecule has 2 unspecified atom stereocenters. The topological polar surface area (TPSA) is 15.3 Å². The lowest BCUT2D eigenvalue weighted by Crippen LogP contribution is -2.59. The Morgan fingerprint density at radius 2 is 1.61 bits per heavy atom. The summed E-state index contributed by atoms with van der Waals surface area (Å²) in [5.41, 5.74) is 0.299. The predicted octanol–water partition coefficient (Wildman–Crippen LogP) is 4.06. The molecule has 0 bridgehead atoms. The molecule has 0 aromatic carbocycles. The zero-order valence-electron chi connectivity index (χ0n) is 13.7. The molecule has 0 aliphatic heterocycles. The highest BCUT2D eigenvalue weighted by Crippen LogP contribution is 2.26. The predicted molar refractivity (Wildman–Crippen MR) is 83.2 cm³/mol. The summed E-state index contributed by atoms with van der Waals surface area (Å²) in [6.07, 6.45) is 6.37. The number of rotatable bonds is 11. The van der Waals surface area contributed by atoms with E-state index < -0.39 is 0 Å². The molecule has 18 heavy (non-hydrogen) atoms. The van der Waals surface area contributed by atoms with E-state index in [4.69, 9.17) is 0 Å². The number of nitrogens with zero attached hydrogens (tertiary/aromatic N) is 1. The van der Waals surface area contributed by atoms with Crippen LogP contribution in [0, 0.1) is 0 Å². The van der Waals surface area contributed by atoms with Crippen molar-refractivity contribution in [1.29, 1.82) is 0 Å². The van der Waals surface area contributed by atoms with Crippen LogP contribution in [0.15, 0.2) is 0 Å². The Kier molecular flexibility index (Phi) is 9.76. The zero-order valence-corrected chi connectivity index (χ0v) is 13.7. The SMILES string of the molecule is CCCCC(NCCC)C(C)(CC)N(CC)CC. The first kappa shape index (κ1) is 17.9. The highest BCUT2D eigenvalue weighted by Gasteiger charge is 2.35. The van der Waals surface area contributed by atoms with Gasteiger partial charge in [-0.2, -0.15) is 0 Å². The van der Waals surface area contributed by atoms with E-state index in [1.54, 1.807) is 0 Å². The van der Waals surface area contributed by atoms with Gasteiger partial charge in [-0.3, -0.25) is 4.90 Å². The summed E-state index contributed by atoms with van der Waals surface area (Å²) in [4.78, 5) is 2.63. The Labute approximate surface area is 116 Å². The maximum Gasteiger partial charge on any atom is 0.0331 e. The van der Waals surface area contributed by atoms with E-state index in [0.29, 0.717) is 11.6 Å². The van der Waals surface area contributed by atoms with Gasteiger partial charge >= 0.3 is 0 Å². The maximum absolute atomic E-state index is 3.80. The van der Waals surface area contributed by atoms with Crippen LogP contribution in [0.5, 0.6) is 0 Å². The fourth-order valence-electron chi connectivity index (χ4n) is 3.00. The van der Waals surface area contributed by atoms with Crippen LogP contribution in [-0.4, -0.2) is 36.1 Å². The first-order valence-electron chi connectivity index (χ1n) is 8.08. The van der Waals surface area contributed by atoms with Crippen LogP contribution in [0.25, 0.3) is 0 Å². The normalized spacial score (nSPS) is 16.8. The third kappa shape index (κ3) is 4.89. The molecule has 2 atom stereocenters. The van der Waals surface area contributed by atoms with Crippen molar-refractivity contribution < 1.29 is 0 Å². The molecular formula is C16H36N2.